The molecule has 0 saturated heterocycles. The Hall–Kier alpha value is -1.59. The highest BCUT2D eigenvalue weighted by Gasteiger charge is 2.09. The van der Waals surface area contributed by atoms with Gasteiger partial charge in [-0.25, -0.2) is 4.79 Å². The van der Waals surface area contributed by atoms with E-state index in [2.05, 4.69) is 10.1 Å². The van der Waals surface area contributed by atoms with Crippen molar-refractivity contribution >= 4 is 29.2 Å². The van der Waals surface area contributed by atoms with Crippen LogP contribution in [0.25, 0.3) is 0 Å². The van der Waals surface area contributed by atoms with Crippen LogP contribution in [0.15, 0.2) is 18.2 Å². The number of halogens is 1. The zero-order valence-electron chi connectivity index (χ0n) is 10.9. The molecule has 19 heavy (non-hydrogen) atoms. The van der Waals surface area contributed by atoms with E-state index in [1.807, 2.05) is 0 Å². The van der Waals surface area contributed by atoms with Crippen LogP contribution < -0.4 is 5.32 Å². The number of esters is 1. The Morgan fingerprint density at radius 3 is 2.68 bits per heavy atom. The highest BCUT2D eigenvalue weighted by molar-refractivity contribution is 6.18. The Morgan fingerprint density at radius 1 is 1.37 bits per heavy atom. The van der Waals surface area contributed by atoms with Gasteiger partial charge in [0.1, 0.15) is 6.61 Å². The van der Waals surface area contributed by atoms with E-state index in [0.29, 0.717) is 23.7 Å². The molecule has 0 aliphatic rings. The molecular weight excluding hydrogens is 270 g/mol. The minimum absolute atomic E-state index is 0.0507. The predicted octanol–water partition coefficient (Wildman–Crippen LogP) is 1.98. The van der Waals surface area contributed by atoms with Crippen LogP contribution in [0, 0.1) is 6.92 Å². The van der Waals surface area contributed by atoms with Crippen LogP contribution in [-0.4, -0.2) is 38.1 Å². The van der Waals surface area contributed by atoms with Gasteiger partial charge in [-0.3, -0.25) is 4.79 Å². The van der Waals surface area contributed by atoms with E-state index in [1.54, 1.807) is 25.1 Å². The Morgan fingerprint density at radius 2 is 2.11 bits per heavy atom. The number of hydrogen-bond acceptors (Lipinski definition) is 4. The van der Waals surface area contributed by atoms with Crippen molar-refractivity contribution in [3.8, 4) is 0 Å². The summed E-state index contributed by atoms with van der Waals surface area (Å²) in [6.07, 6.45) is 0. The van der Waals surface area contributed by atoms with Gasteiger partial charge in [0.2, 0.25) is 5.91 Å². The van der Waals surface area contributed by atoms with Gasteiger partial charge in [-0.15, -0.1) is 11.6 Å². The monoisotopic (exact) mass is 285 g/mol. The number of carbonyl (C=O) groups excluding carboxylic acids is 2. The van der Waals surface area contributed by atoms with Gasteiger partial charge in [0.05, 0.1) is 19.3 Å². The number of amides is 1. The molecule has 6 heteroatoms. The number of rotatable bonds is 6. The standard InChI is InChI=1S/C13H16ClNO4/c1-9-7-10(13(17)18-2)3-4-11(9)15-12(16)8-19-6-5-14/h3-4,7H,5-6,8H2,1-2H3,(H,15,16). The number of aryl methyl sites for hydroxylation is 1. The van der Waals surface area contributed by atoms with Crippen molar-refractivity contribution in [1.29, 1.82) is 0 Å². The fourth-order valence-corrected chi connectivity index (χ4v) is 1.56. The van der Waals surface area contributed by atoms with Gasteiger partial charge in [0.15, 0.2) is 0 Å². The zero-order chi connectivity index (χ0) is 14.3. The summed E-state index contributed by atoms with van der Waals surface area (Å²) in [5.74, 6) is -0.328. The molecule has 0 saturated carbocycles. The molecule has 5 nitrogen and oxygen atoms in total. The summed E-state index contributed by atoms with van der Waals surface area (Å²) in [5.41, 5.74) is 1.84. The first-order valence-corrected chi connectivity index (χ1v) is 6.24. The summed E-state index contributed by atoms with van der Waals surface area (Å²) >= 11 is 5.43. The lowest BCUT2D eigenvalue weighted by Crippen LogP contribution is -2.19. The molecule has 0 aliphatic heterocycles. The summed E-state index contributed by atoms with van der Waals surface area (Å²) < 4.78 is 9.64. The van der Waals surface area contributed by atoms with Crippen molar-refractivity contribution in [1.82, 2.24) is 0 Å². The van der Waals surface area contributed by atoms with Gasteiger partial charge in [-0.05, 0) is 30.7 Å². The van der Waals surface area contributed by atoms with E-state index < -0.39 is 5.97 Å². The average molecular weight is 286 g/mol. The van der Waals surface area contributed by atoms with Crippen LogP contribution in [0.2, 0.25) is 0 Å². The molecule has 1 aromatic rings. The summed E-state index contributed by atoms with van der Waals surface area (Å²) in [5, 5.41) is 2.69. The van der Waals surface area contributed by atoms with Crippen molar-refractivity contribution in [2.24, 2.45) is 0 Å². The molecule has 0 heterocycles. The molecule has 0 radical (unpaired) electrons. The molecule has 1 aromatic carbocycles. The quantitative estimate of drug-likeness (QED) is 0.493. The summed E-state index contributed by atoms with van der Waals surface area (Å²) in [6.45, 7) is 2.07. The summed E-state index contributed by atoms with van der Waals surface area (Å²) in [4.78, 5) is 22.9. The van der Waals surface area contributed by atoms with Gasteiger partial charge in [0, 0.05) is 11.6 Å². The molecule has 1 N–H and O–H groups in total. The molecular formula is C13H16ClNO4. The average Bonchev–Trinajstić information content (AvgIpc) is 2.40. The largest absolute Gasteiger partial charge is 0.465 e. The number of alkyl halides is 1. The Labute approximate surface area is 116 Å². The molecule has 0 spiro atoms. The molecule has 1 amide bonds. The predicted molar refractivity (Wildman–Crippen MR) is 72.7 cm³/mol. The molecule has 0 bridgehead atoms. The molecule has 0 atom stereocenters. The fraction of sp³-hybridized carbons (Fsp3) is 0.385. The first kappa shape index (κ1) is 15.5. The molecule has 0 unspecified atom stereocenters. The zero-order valence-corrected chi connectivity index (χ0v) is 11.6. The van der Waals surface area contributed by atoms with Crippen LogP contribution in [0.4, 0.5) is 5.69 Å². The van der Waals surface area contributed by atoms with Gasteiger partial charge < -0.3 is 14.8 Å². The fourth-order valence-electron chi connectivity index (χ4n) is 1.45. The van der Waals surface area contributed by atoms with E-state index in [4.69, 9.17) is 16.3 Å². The van der Waals surface area contributed by atoms with E-state index in [0.717, 1.165) is 5.56 Å². The normalized spacial score (nSPS) is 10.1. The van der Waals surface area contributed by atoms with E-state index in [-0.39, 0.29) is 12.5 Å². The first-order chi connectivity index (χ1) is 9.08. The molecule has 0 aliphatic carbocycles. The third-order valence-electron chi connectivity index (χ3n) is 2.38. The minimum Gasteiger partial charge on any atom is -0.465 e. The third kappa shape index (κ3) is 4.89. The second kappa shape index (κ2) is 7.76. The van der Waals surface area contributed by atoms with Crippen LogP contribution in [0.1, 0.15) is 15.9 Å². The number of ether oxygens (including phenoxy) is 2. The Bertz CT molecular complexity index is 462. The maximum atomic E-state index is 11.5. The number of anilines is 1. The van der Waals surface area contributed by atoms with Crippen molar-refractivity contribution in [3.63, 3.8) is 0 Å². The number of hydrogen-bond donors (Lipinski definition) is 1. The van der Waals surface area contributed by atoms with Gasteiger partial charge in [-0.1, -0.05) is 0 Å². The number of carbonyl (C=O) groups is 2. The molecule has 1 rings (SSSR count). The van der Waals surface area contributed by atoms with Gasteiger partial charge in [-0.2, -0.15) is 0 Å². The second-order valence-corrected chi connectivity index (χ2v) is 4.19. The maximum absolute atomic E-state index is 11.5. The lowest BCUT2D eigenvalue weighted by molar-refractivity contribution is -0.120. The van der Waals surface area contributed by atoms with Crippen molar-refractivity contribution in [3.05, 3.63) is 29.3 Å². The minimum atomic E-state index is -0.411. The van der Waals surface area contributed by atoms with Crippen molar-refractivity contribution < 1.29 is 19.1 Å². The topological polar surface area (TPSA) is 64.6 Å². The Kier molecular flexibility index (Phi) is 6.32. The van der Waals surface area contributed by atoms with Crippen LogP contribution in [0.3, 0.4) is 0 Å². The lowest BCUT2D eigenvalue weighted by atomic mass is 10.1. The molecule has 104 valence electrons. The van der Waals surface area contributed by atoms with Crippen molar-refractivity contribution in [2.75, 3.05) is 31.5 Å². The SMILES string of the molecule is COC(=O)c1ccc(NC(=O)COCCCl)c(C)c1. The molecule has 0 aromatic heterocycles. The van der Waals surface area contributed by atoms with Gasteiger partial charge in [0.25, 0.3) is 0 Å². The highest BCUT2D eigenvalue weighted by Crippen LogP contribution is 2.17. The third-order valence-corrected chi connectivity index (χ3v) is 2.53. The van der Waals surface area contributed by atoms with E-state index in [1.165, 1.54) is 7.11 Å². The maximum Gasteiger partial charge on any atom is 0.337 e. The van der Waals surface area contributed by atoms with Crippen molar-refractivity contribution in [2.45, 2.75) is 6.92 Å². The smallest absolute Gasteiger partial charge is 0.337 e. The summed E-state index contributed by atoms with van der Waals surface area (Å²) in [6, 6.07) is 4.90. The van der Waals surface area contributed by atoms with Crippen LogP contribution >= 0.6 is 11.6 Å². The Balaban J connectivity index is 2.64. The summed E-state index contributed by atoms with van der Waals surface area (Å²) in [7, 11) is 1.32. The van der Waals surface area contributed by atoms with Gasteiger partial charge >= 0.3 is 5.97 Å². The van der Waals surface area contributed by atoms with E-state index in [9.17, 15) is 9.59 Å². The second-order valence-electron chi connectivity index (χ2n) is 3.81. The van der Waals surface area contributed by atoms with Crippen LogP contribution in [-0.2, 0) is 14.3 Å². The number of methoxy groups -OCH3 is 1. The lowest BCUT2D eigenvalue weighted by Gasteiger charge is -2.09. The number of benzene rings is 1. The number of nitrogens with one attached hydrogen (secondary N) is 1. The first-order valence-electron chi connectivity index (χ1n) is 5.71. The molecule has 0 fully saturated rings. The van der Waals surface area contributed by atoms with E-state index >= 15 is 0 Å². The van der Waals surface area contributed by atoms with Crippen LogP contribution in [0.5, 0.6) is 0 Å². The highest BCUT2D eigenvalue weighted by atomic mass is 35.5.